The number of aromatic nitrogens is 1. The number of fused-ring (bicyclic) bond motifs is 1. The first-order valence-electron chi connectivity index (χ1n) is 6.76. The number of hydrogen-bond donors (Lipinski definition) is 2. The van der Waals surface area contributed by atoms with Crippen LogP contribution in [-0.2, 0) is 0 Å². The maximum atomic E-state index is 5.79. The number of nitrogens with two attached hydrogens (primary N) is 1. The van der Waals surface area contributed by atoms with Crippen LogP contribution in [0.1, 0.15) is 22.7 Å². The molecule has 1 heterocycles. The van der Waals surface area contributed by atoms with E-state index < -0.39 is 0 Å². The van der Waals surface area contributed by atoms with Gasteiger partial charge in [-0.05, 0) is 41.8 Å². The molecule has 3 N–H and O–H groups in total. The molecular weight excluding hydrogens is 326 g/mol. The van der Waals surface area contributed by atoms with Crippen LogP contribution in [0.2, 0.25) is 0 Å². The fraction of sp³-hybridized carbons (Fsp3) is 0.118. The topological polar surface area (TPSA) is 50.9 Å². The zero-order valence-electron chi connectivity index (χ0n) is 11.7. The molecule has 0 saturated carbocycles. The third-order valence-electron chi connectivity index (χ3n) is 3.58. The molecule has 0 aliphatic rings. The molecule has 0 aliphatic heterocycles. The summed E-state index contributed by atoms with van der Waals surface area (Å²) in [5.41, 5.74) is 7.22. The van der Waals surface area contributed by atoms with Crippen LogP contribution in [0, 0.1) is 6.92 Å². The molecule has 3 nitrogen and oxygen atoms in total. The molecule has 21 heavy (non-hydrogen) atoms. The van der Waals surface area contributed by atoms with Crippen LogP contribution in [0.3, 0.4) is 0 Å². The summed E-state index contributed by atoms with van der Waals surface area (Å²) in [6, 6.07) is 16.3. The lowest BCUT2D eigenvalue weighted by atomic mass is 9.98. The van der Waals surface area contributed by atoms with Crippen LogP contribution >= 0.6 is 15.9 Å². The van der Waals surface area contributed by atoms with Crippen molar-refractivity contribution in [2.24, 2.45) is 5.84 Å². The number of benzene rings is 2. The second kappa shape index (κ2) is 5.93. The van der Waals surface area contributed by atoms with Crippen molar-refractivity contribution in [2.75, 3.05) is 0 Å². The summed E-state index contributed by atoms with van der Waals surface area (Å²) in [6.07, 6.45) is 1.87. The lowest BCUT2D eigenvalue weighted by molar-refractivity contribution is 0.633. The molecule has 106 valence electrons. The Morgan fingerprint density at radius 1 is 1.14 bits per heavy atom. The highest BCUT2D eigenvalue weighted by Gasteiger charge is 2.16. The second-order valence-electron chi connectivity index (χ2n) is 5.09. The minimum absolute atomic E-state index is 0.0999. The van der Waals surface area contributed by atoms with E-state index in [-0.39, 0.29) is 6.04 Å². The largest absolute Gasteiger partial charge is 0.271 e. The van der Waals surface area contributed by atoms with Gasteiger partial charge in [0.25, 0.3) is 0 Å². The highest BCUT2D eigenvalue weighted by atomic mass is 79.9. The average Bonchev–Trinajstić information content (AvgIpc) is 2.50. The van der Waals surface area contributed by atoms with Crippen LogP contribution in [0.5, 0.6) is 0 Å². The molecule has 2 aromatic carbocycles. The lowest BCUT2D eigenvalue weighted by Crippen LogP contribution is -2.29. The van der Waals surface area contributed by atoms with Crippen LogP contribution in [0.4, 0.5) is 0 Å². The van der Waals surface area contributed by atoms with Gasteiger partial charge in [0, 0.05) is 16.1 Å². The third kappa shape index (κ3) is 2.83. The molecule has 1 aromatic heterocycles. The van der Waals surface area contributed by atoms with E-state index in [0.717, 1.165) is 26.5 Å². The van der Waals surface area contributed by atoms with E-state index in [1.54, 1.807) is 0 Å². The highest BCUT2D eigenvalue weighted by molar-refractivity contribution is 9.10. The Hall–Kier alpha value is -1.75. The Bertz CT molecular complexity index is 786. The van der Waals surface area contributed by atoms with Crippen molar-refractivity contribution in [2.45, 2.75) is 13.0 Å². The Labute approximate surface area is 132 Å². The zero-order valence-corrected chi connectivity index (χ0v) is 13.3. The van der Waals surface area contributed by atoms with Crippen molar-refractivity contribution < 1.29 is 0 Å². The normalized spacial score (nSPS) is 12.5. The minimum atomic E-state index is -0.0999. The first-order valence-corrected chi connectivity index (χ1v) is 7.55. The third-order valence-corrected chi connectivity index (χ3v) is 4.27. The molecule has 0 amide bonds. The number of nitrogens with zero attached hydrogens (tertiary/aromatic N) is 1. The second-order valence-corrected chi connectivity index (χ2v) is 5.94. The van der Waals surface area contributed by atoms with Gasteiger partial charge in [-0.3, -0.25) is 10.8 Å². The van der Waals surface area contributed by atoms with Gasteiger partial charge in [-0.1, -0.05) is 46.3 Å². The van der Waals surface area contributed by atoms with Crippen LogP contribution < -0.4 is 11.3 Å². The Balaban J connectivity index is 2.09. The molecule has 4 heteroatoms. The van der Waals surface area contributed by atoms with E-state index in [9.17, 15) is 0 Å². The molecule has 1 unspecified atom stereocenters. The SMILES string of the molecule is Cc1ccc(C(NN)c2cnc3ccccc3c2)c(Br)c1. The maximum absolute atomic E-state index is 5.79. The fourth-order valence-corrected chi connectivity index (χ4v) is 3.20. The van der Waals surface area contributed by atoms with Crippen LogP contribution in [0.15, 0.2) is 59.2 Å². The molecule has 0 aliphatic carbocycles. The predicted molar refractivity (Wildman–Crippen MR) is 89.8 cm³/mol. The van der Waals surface area contributed by atoms with Gasteiger partial charge in [0.2, 0.25) is 0 Å². The monoisotopic (exact) mass is 341 g/mol. The molecule has 1 atom stereocenters. The molecule has 3 aromatic rings. The van der Waals surface area contributed by atoms with E-state index in [1.807, 2.05) is 24.4 Å². The summed E-state index contributed by atoms with van der Waals surface area (Å²) in [5.74, 6) is 5.79. The van der Waals surface area contributed by atoms with Gasteiger partial charge >= 0.3 is 0 Å². The number of hydrogen-bond acceptors (Lipinski definition) is 3. The van der Waals surface area contributed by atoms with Gasteiger partial charge in [0.15, 0.2) is 0 Å². The van der Waals surface area contributed by atoms with Gasteiger partial charge < -0.3 is 0 Å². The lowest BCUT2D eigenvalue weighted by Gasteiger charge is -2.19. The van der Waals surface area contributed by atoms with Crippen LogP contribution in [-0.4, -0.2) is 4.98 Å². The fourth-order valence-electron chi connectivity index (χ4n) is 2.48. The Morgan fingerprint density at radius 3 is 2.71 bits per heavy atom. The van der Waals surface area contributed by atoms with Crippen molar-refractivity contribution in [3.05, 3.63) is 75.9 Å². The van der Waals surface area contributed by atoms with E-state index >= 15 is 0 Å². The number of hydrazine groups is 1. The average molecular weight is 342 g/mol. The number of pyridine rings is 1. The first-order chi connectivity index (χ1) is 10.2. The molecule has 0 bridgehead atoms. The highest BCUT2D eigenvalue weighted by Crippen LogP contribution is 2.29. The van der Waals surface area contributed by atoms with Crippen LogP contribution in [0.25, 0.3) is 10.9 Å². The molecule has 3 rings (SSSR count). The van der Waals surface area contributed by atoms with Gasteiger partial charge in [0.1, 0.15) is 0 Å². The van der Waals surface area contributed by atoms with Gasteiger partial charge in [0.05, 0.1) is 11.6 Å². The van der Waals surface area contributed by atoms with Crippen molar-refractivity contribution in [1.29, 1.82) is 0 Å². The molecule has 0 saturated heterocycles. The number of halogens is 1. The molecule has 0 radical (unpaired) electrons. The van der Waals surface area contributed by atoms with Crippen molar-refractivity contribution in [3.63, 3.8) is 0 Å². The zero-order chi connectivity index (χ0) is 14.8. The summed E-state index contributed by atoms with van der Waals surface area (Å²) in [7, 11) is 0. The maximum Gasteiger partial charge on any atom is 0.0736 e. The Kier molecular flexibility index (Phi) is 4.01. The summed E-state index contributed by atoms with van der Waals surface area (Å²) >= 11 is 3.62. The van der Waals surface area contributed by atoms with E-state index in [0.29, 0.717) is 0 Å². The first kappa shape index (κ1) is 14.2. The predicted octanol–water partition coefficient (Wildman–Crippen LogP) is 3.86. The van der Waals surface area contributed by atoms with Crippen molar-refractivity contribution >= 4 is 26.8 Å². The van der Waals surface area contributed by atoms with Gasteiger partial charge in [-0.15, -0.1) is 0 Å². The summed E-state index contributed by atoms with van der Waals surface area (Å²) in [6.45, 7) is 2.07. The molecular formula is C17H16BrN3. The molecule has 0 spiro atoms. The minimum Gasteiger partial charge on any atom is -0.271 e. The van der Waals surface area contributed by atoms with E-state index in [4.69, 9.17) is 5.84 Å². The van der Waals surface area contributed by atoms with Gasteiger partial charge in [-0.2, -0.15) is 0 Å². The summed E-state index contributed by atoms with van der Waals surface area (Å²) in [5, 5.41) is 1.11. The van der Waals surface area contributed by atoms with E-state index in [2.05, 4.69) is 63.6 Å². The summed E-state index contributed by atoms with van der Waals surface area (Å²) < 4.78 is 1.04. The Morgan fingerprint density at radius 2 is 1.95 bits per heavy atom. The number of rotatable bonds is 3. The standard InChI is InChI=1S/C17H16BrN3/c1-11-6-7-14(15(18)8-11)17(21-19)13-9-12-4-2-3-5-16(12)20-10-13/h2-10,17,21H,19H2,1H3. The van der Waals surface area contributed by atoms with E-state index in [1.165, 1.54) is 5.56 Å². The summed E-state index contributed by atoms with van der Waals surface area (Å²) in [4.78, 5) is 4.51. The van der Waals surface area contributed by atoms with Crippen molar-refractivity contribution in [3.8, 4) is 0 Å². The number of para-hydroxylation sites is 1. The quantitative estimate of drug-likeness (QED) is 0.561. The van der Waals surface area contributed by atoms with Gasteiger partial charge in [-0.25, -0.2) is 5.43 Å². The number of nitrogens with one attached hydrogen (secondary N) is 1. The van der Waals surface area contributed by atoms with Crippen molar-refractivity contribution in [1.82, 2.24) is 10.4 Å². The number of aryl methyl sites for hydroxylation is 1. The molecule has 0 fully saturated rings. The smallest absolute Gasteiger partial charge is 0.0736 e.